The predicted octanol–water partition coefficient (Wildman–Crippen LogP) is 5.32. The third kappa shape index (κ3) is 4.68. The number of hydrogen-bond acceptors (Lipinski definition) is 5. The van der Waals surface area contributed by atoms with E-state index in [0.717, 1.165) is 22.4 Å². The molecule has 0 unspecified atom stereocenters. The minimum atomic E-state index is -0.549. The van der Waals surface area contributed by atoms with Crippen molar-refractivity contribution in [2.24, 2.45) is 0 Å². The number of carbonyl (C=O) groups is 1. The van der Waals surface area contributed by atoms with Gasteiger partial charge in [-0.3, -0.25) is 4.90 Å². The normalized spacial score (nSPS) is 11.4. The predicted molar refractivity (Wildman–Crippen MR) is 99.0 cm³/mol. The lowest BCUT2D eigenvalue weighted by Gasteiger charge is -2.25. The Kier molecular flexibility index (Phi) is 5.83. The molecule has 2 aromatic rings. The fraction of sp³-hybridized carbons (Fsp3) is 0.471. The Labute approximate surface area is 151 Å². The van der Waals surface area contributed by atoms with E-state index in [2.05, 4.69) is 9.97 Å². The van der Waals surface area contributed by atoms with Crippen LogP contribution in [0.4, 0.5) is 9.93 Å². The van der Waals surface area contributed by atoms with E-state index in [1.54, 1.807) is 17.3 Å². The first-order valence-corrected chi connectivity index (χ1v) is 8.99. The number of amides is 1. The molecule has 0 saturated heterocycles. The van der Waals surface area contributed by atoms with Crippen LogP contribution in [0.3, 0.4) is 0 Å². The van der Waals surface area contributed by atoms with Crippen LogP contribution in [0, 0.1) is 6.92 Å². The summed E-state index contributed by atoms with van der Waals surface area (Å²) in [4.78, 5) is 23.4. The molecule has 0 bridgehead atoms. The van der Waals surface area contributed by atoms with Crippen molar-refractivity contribution in [3.63, 3.8) is 0 Å². The van der Waals surface area contributed by atoms with Crippen LogP contribution < -0.4 is 4.90 Å². The molecule has 0 atom stereocenters. The van der Waals surface area contributed by atoms with Crippen LogP contribution in [0.15, 0.2) is 18.5 Å². The van der Waals surface area contributed by atoms with Crippen LogP contribution in [0.1, 0.15) is 39.7 Å². The molecule has 2 rings (SSSR count). The van der Waals surface area contributed by atoms with Gasteiger partial charge >= 0.3 is 6.09 Å². The third-order valence-electron chi connectivity index (χ3n) is 3.03. The zero-order valence-electron chi connectivity index (χ0n) is 14.6. The van der Waals surface area contributed by atoms with Gasteiger partial charge in [0.1, 0.15) is 10.8 Å². The average Bonchev–Trinajstić information content (AvgIpc) is 2.94. The topological polar surface area (TPSA) is 55.3 Å². The number of rotatable bonds is 4. The summed E-state index contributed by atoms with van der Waals surface area (Å²) in [5.41, 5.74) is 1.29. The second kappa shape index (κ2) is 7.49. The monoisotopic (exact) mass is 367 g/mol. The first-order valence-electron chi connectivity index (χ1n) is 7.80. The highest BCUT2D eigenvalue weighted by Crippen LogP contribution is 2.35. The number of halogens is 1. The van der Waals surface area contributed by atoms with Gasteiger partial charge in [-0.25, -0.2) is 14.8 Å². The van der Waals surface area contributed by atoms with Gasteiger partial charge in [-0.15, -0.1) is 0 Å². The number of carbonyl (C=O) groups excluding carboxylic acids is 1. The van der Waals surface area contributed by atoms with E-state index in [9.17, 15) is 4.79 Å². The molecule has 0 aliphatic heterocycles. The van der Waals surface area contributed by atoms with Crippen molar-refractivity contribution >= 4 is 34.2 Å². The van der Waals surface area contributed by atoms with Crippen molar-refractivity contribution in [1.82, 2.24) is 9.97 Å². The molecule has 0 aromatic carbocycles. The Bertz CT molecular complexity index is 725. The van der Waals surface area contributed by atoms with Gasteiger partial charge in [0, 0.05) is 24.5 Å². The average molecular weight is 368 g/mol. The van der Waals surface area contributed by atoms with E-state index in [-0.39, 0.29) is 0 Å². The second-order valence-electron chi connectivity index (χ2n) is 6.49. The van der Waals surface area contributed by atoms with E-state index < -0.39 is 11.7 Å². The summed E-state index contributed by atoms with van der Waals surface area (Å²) >= 11 is 7.59. The molecule has 0 aliphatic carbocycles. The van der Waals surface area contributed by atoms with E-state index in [0.29, 0.717) is 16.8 Å². The van der Waals surface area contributed by atoms with Crippen LogP contribution in [-0.2, 0) is 4.74 Å². The van der Waals surface area contributed by atoms with Gasteiger partial charge in [-0.1, -0.05) is 29.9 Å². The lowest BCUT2D eigenvalue weighted by atomic mass is 10.2. The van der Waals surface area contributed by atoms with Crippen LogP contribution in [-0.4, -0.2) is 28.2 Å². The molecule has 0 N–H and O–H groups in total. The highest BCUT2D eigenvalue weighted by atomic mass is 35.5. The van der Waals surface area contributed by atoms with Crippen LogP contribution in [0.5, 0.6) is 0 Å². The Morgan fingerprint density at radius 2 is 2.04 bits per heavy atom. The van der Waals surface area contributed by atoms with Crippen molar-refractivity contribution in [2.75, 3.05) is 11.4 Å². The van der Waals surface area contributed by atoms with Crippen LogP contribution in [0.25, 0.3) is 10.4 Å². The number of nitrogens with zero attached hydrogens (tertiary/aromatic N) is 3. The van der Waals surface area contributed by atoms with E-state index in [4.69, 9.17) is 16.3 Å². The molecular formula is C17H22ClN3O2S. The Hall–Kier alpha value is -1.66. The maximum Gasteiger partial charge on any atom is 0.416 e. The van der Waals surface area contributed by atoms with Gasteiger partial charge in [0.05, 0.1) is 4.88 Å². The number of hydrogen-bond donors (Lipinski definition) is 0. The van der Waals surface area contributed by atoms with Gasteiger partial charge in [0.2, 0.25) is 0 Å². The van der Waals surface area contributed by atoms with Crippen molar-refractivity contribution in [3.8, 4) is 10.4 Å². The summed E-state index contributed by atoms with van der Waals surface area (Å²) in [7, 11) is 0. The summed E-state index contributed by atoms with van der Waals surface area (Å²) in [5.74, 6) is 0. The highest BCUT2D eigenvalue weighted by Gasteiger charge is 2.25. The molecule has 1 amide bonds. The molecule has 0 spiro atoms. The smallest absolute Gasteiger partial charge is 0.416 e. The first-order chi connectivity index (χ1) is 11.2. The quantitative estimate of drug-likeness (QED) is 0.686. The fourth-order valence-corrected chi connectivity index (χ4v) is 3.26. The molecule has 0 saturated carbocycles. The molecule has 0 fully saturated rings. The number of aryl methyl sites for hydroxylation is 1. The third-order valence-corrected chi connectivity index (χ3v) is 4.38. The zero-order chi connectivity index (χ0) is 17.9. The summed E-state index contributed by atoms with van der Waals surface area (Å²) in [6.45, 7) is 10.1. The minimum Gasteiger partial charge on any atom is -0.443 e. The molecule has 5 nitrogen and oxygen atoms in total. The van der Waals surface area contributed by atoms with Crippen LogP contribution >= 0.6 is 22.9 Å². The van der Waals surface area contributed by atoms with Crippen molar-refractivity contribution in [2.45, 2.75) is 46.6 Å². The minimum absolute atomic E-state index is 0.390. The standard InChI is InChI=1S/C17H22ClN3O2S/c1-6-7-21(16(22)23-17(3,4)5)15-20-10-13(24-15)12-8-11(2)9-19-14(12)18/h8-10H,6-7H2,1-5H3. The largest absolute Gasteiger partial charge is 0.443 e. The molecule has 24 heavy (non-hydrogen) atoms. The Balaban J connectivity index is 2.31. The lowest BCUT2D eigenvalue weighted by Crippen LogP contribution is -2.37. The summed E-state index contributed by atoms with van der Waals surface area (Å²) in [6.07, 6.45) is 3.85. The number of anilines is 1. The van der Waals surface area contributed by atoms with E-state index in [1.807, 2.05) is 40.7 Å². The van der Waals surface area contributed by atoms with Crippen LogP contribution in [0.2, 0.25) is 5.15 Å². The SMILES string of the molecule is CCCN(C(=O)OC(C)(C)C)c1ncc(-c2cc(C)cnc2Cl)s1. The number of aromatic nitrogens is 2. The molecular weight excluding hydrogens is 346 g/mol. The second-order valence-corrected chi connectivity index (χ2v) is 7.86. The molecule has 2 aromatic heterocycles. The first kappa shape index (κ1) is 18.7. The molecule has 0 aliphatic rings. The summed E-state index contributed by atoms with van der Waals surface area (Å²) in [6, 6.07) is 1.96. The van der Waals surface area contributed by atoms with E-state index in [1.165, 1.54) is 11.3 Å². The maximum atomic E-state index is 12.4. The maximum absolute atomic E-state index is 12.4. The van der Waals surface area contributed by atoms with Crippen molar-refractivity contribution < 1.29 is 9.53 Å². The number of pyridine rings is 1. The Morgan fingerprint density at radius 1 is 1.33 bits per heavy atom. The van der Waals surface area contributed by atoms with Gasteiger partial charge in [0.25, 0.3) is 0 Å². The molecule has 2 heterocycles. The fourth-order valence-electron chi connectivity index (χ4n) is 2.05. The zero-order valence-corrected chi connectivity index (χ0v) is 16.2. The summed E-state index contributed by atoms with van der Waals surface area (Å²) in [5, 5.41) is 1.02. The molecule has 130 valence electrons. The van der Waals surface area contributed by atoms with Crippen molar-refractivity contribution in [3.05, 3.63) is 29.2 Å². The van der Waals surface area contributed by atoms with Gasteiger partial charge < -0.3 is 4.74 Å². The van der Waals surface area contributed by atoms with Gasteiger partial charge in [-0.05, 0) is 45.7 Å². The lowest BCUT2D eigenvalue weighted by molar-refractivity contribution is 0.0580. The van der Waals surface area contributed by atoms with Gasteiger partial charge in [-0.2, -0.15) is 0 Å². The molecule has 7 heteroatoms. The number of thiazole rings is 1. The summed E-state index contributed by atoms with van der Waals surface area (Å²) < 4.78 is 5.48. The molecule has 0 radical (unpaired) electrons. The highest BCUT2D eigenvalue weighted by molar-refractivity contribution is 7.19. The van der Waals surface area contributed by atoms with Crippen molar-refractivity contribution in [1.29, 1.82) is 0 Å². The van der Waals surface area contributed by atoms with Gasteiger partial charge in [0.15, 0.2) is 5.13 Å². The Morgan fingerprint density at radius 3 is 2.67 bits per heavy atom. The number of ether oxygens (including phenoxy) is 1. The van der Waals surface area contributed by atoms with E-state index >= 15 is 0 Å².